The maximum absolute atomic E-state index is 11.7. The summed E-state index contributed by atoms with van der Waals surface area (Å²) in [4.78, 5) is 11.7. The fourth-order valence-electron chi connectivity index (χ4n) is 1.87. The molecule has 0 atom stereocenters. The van der Waals surface area contributed by atoms with E-state index in [-0.39, 0.29) is 5.91 Å². The van der Waals surface area contributed by atoms with E-state index in [0.29, 0.717) is 12.3 Å². The van der Waals surface area contributed by atoms with Crippen LogP contribution in [0.2, 0.25) is 0 Å². The van der Waals surface area contributed by atoms with Crippen LogP contribution in [0.5, 0.6) is 0 Å². The van der Waals surface area contributed by atoms with Gasteiger partial charge in [0.25, 0.3) is 0 Å². The Kier molecular flexibility index (Phi) is 4.60. The van der Waals surface area contributed by atoms with E-state index in [4.69, 9.17) is 0 Å². The highest BCUT2D eigenvalue weighted by molar-refractivity contribution is 9.09. The van der Waals surface area contributed by atoms with E-state index in [1.165, 1.54) is 18.4 Å². The van der Waals surface area contributed by atoms with E-state index in [2.05, 4.69) is 33.4 Å². The normalized spacial score (nSPS) is 14.6. The predicted octanol–water partition coefficient (Wildman–Crippen LogP) is 3.75. The Labute approximate surface area is 111 Å². The van der Waals surface area contributed by atoms with E-state index in [0.717, 1.165) is 23.9 Å². The van der Waals surface area contributed by atoms with Crippen molar-refractivity contribution in [1.82, 2.24) is 0 Å². The van der Waals surface area contributed by atoms with Crippen molar-refractivity contribution in [2.75, 3.05) is 10.6 Å². The van der Waals surface area contributed by atoms with Gasteiger partial charge in [-0.05, 0) is 49.3 Å². The molecule has 0 unspecified atom stereocenters. The molecule has 0 aromatic heterocycles. The van der Waals surface area contributed by atoms with Crippen molar-refractivity contribution in [3.8, 4) is 0 Å². The molecule has 0 heterocycles. The number of hydrogen-bond donors (Lipinski definition) is 1. The Morgan fingerprint density at radius 3 is 2.94 bits per heavy atom. The van der Waals surface area contributed by atoms with Crippen LogP contribution in [-0.2, 0) is 11.2 Å². The van der Waals surface area contributed by atoms with Gasteiger partial charge >= 0.3 is 0 Å². The fourth-order valence-corrected chi connectivity index (χ4v) is 2.15. The van der Waals surface area contributed by atoms with Gasteiger partial charge in [0.15, 0.2) is 0 Å². The molecule has 0 aliphatic heterocycles. The van der Waals surface area contributed by atoms with Gasteiger partial charge < -0.3 is 5.32 Å². The van der Waals surface area contributed by atoms with Gasteiger partial charge in [0.2, 0.25) is 5.91 Å². The van der Waals surface area contributed by atoms with E-state index in [1.807, 2.05) is 12.1 Å². The van der Waals surface area contributed by atoms with Gasteiger partial charge in [0.1, 0.15) is 0 Å². The Morgan fingerprint density at radius 1 is 1.41 bits per heavy atom. The predicted molar refractivity (Wildman–Crippen MR) is 74.5 cm³/mol. The molecule has 0 saturated heterocycles. The zero-order chi connectivity index (χ0) is 12.1. The van der Waals surface area contributed by atoms with Crippen LogP contribution in [0.4, 0.5) is 5.69 Å². The third kappa shape index (κ3) is 4.50. The second-order valence-electron chi connectivity index (χ2n) is 4.69. The molecular formula is C14H18BrNO. The van der Waals surface area contributed by atoms with Gasteiger partial charge in [-0.15, -0.1) is 0 Å². The first-order valence-electron chi connectivity index (χ1n) is 6.22. The SMILES string of the molecule is O=C(CC1CC1)Nc1cccc(CCCBr)c1. The molecule has 92 valence electrons. The van der Waals surface area contributed by atoms with E-state index >= 15 is 0 Å². The Bertz CT molecular complexity index is 388. The van der Waals surface area contributed by atoms with E-state index in [1.54, 1.807) is 0 Å². The number of carbonyl (C=O) groups excluding carboxylic acids is 1. The van der Waals surface area contributed by atoms with Crippen LogP contribution in [0.25, 0.3) is 0 Å². The first-order valence-corrected chi connectivity index (χ1v) is 7.35. The summed E-state index contributed by atoms with van der Waals surface area (Å²) in [6.07, 6.45) is 5.31. The van der Waals surface area contributed by atoms with Crippen molar-refractivity contribution in [3.63, 3.8) is 0 Å². The topological polar surface area (TPSA) is 29.1 Å². The molecular weight excluding hydrogens is 278 g/mol. The first kappa shape index (κ1) is 12.6. The number of rotatable bonds is 6. The summed E-state index contributed by atoms with van der Waals surface area (Å²) in [5, 5.41) is 4.00. The van der Waals surface area contributed by atoms with Crippen molar-refractivity contribution in [2.24, 2.45) is 5.92 Å². The van der Waals surface area contributed by atoms with Gasteiger partial charge in [-0.2, -0.15) is 0 Å². The highest BCUT2D eigenvalue weighted by atomic mass is 79.9. The fraction of sp³-hybridized carbons (Fsp3) is 0.500. The van der Waals surface area contributed by atoms with Gasteiger partial charge in [-0.1, -0.05) is 28.1 Å². The second kappa shape index (κ2) is 6.20. The molecule has 0 spiro atoms. The number of benzene rings is 1. The third-order valence-electron chi connectivity index (χ3n) is 2.98. The maximum atomic E-state index is 11.7. The molecule has 1 aromatic rings. The molecule has 1 aromatic carbocycles. The number of alkyl halides is 1. The molecule has 1 aliphatic carbocycles. The summed E-state index contributed by atoms with van der Waals surface area (Å²) in [7, 11) is 0. The van der Waals surface area contributed by atoms with Gasteiger partial charge in [0, 0.05) is 17.4 Å². The number of amides is 1. The minimum Gasteiger partial charge on any atom is -0.326 e. The molecule has 1 N–H and O–H groups in total. The maximum Gasteiger partial charge on any atom is 0.224 e. The van der Waals surface area contributed by atoms with Crippen molar-refractivity contribution in [1.29, 1.82) is 0 Å². The number of aryl methyl sites for hydroxylation is 1. The number of anilines is 1. The number of halogens is 1. The molecule has 2 rings (SSSR count). The van der Waals surface area contributed by atoms with Crippen LogP contribution in [-0.4, -0.2) is 11.2 Å². The molecule has 1 amide bonds. The lowest BCUT2D eigenvalue weighted by Gasteiger charge is -2.06. The molecule has 2 nitrogen and oxygen atoms in total. The third-order valence-corrected chi connectivity index (χ3v) is 3.54. The van der Waals surface area contributed by atoms with Crippen LogP contribution in [0, 0.1) is 5.92 Å². The average Bonchev–Trinajstić information content (AvgIpc) is 3.10. The van der Waals surface area contributed by atoms with Gasteiger partial charge in [-0.3, -0.25) is 4.79 Å². The molecule has 0 radical (unpaired) electrons. The average molecular weight is 296 g/mol. The van der Waals surface area contributed by atoms with Crippen LogP contribution in [0.1, 0.15) is 31.2 Å². The summed E-state index contributed by atoms with van der Waals surface area (Å²) in [5.41, 5.74) is 2.22. The minimum atomic E-state index is 0.158. The Hall–Kier alpha value is -0.830. The standard InChI is InChI=1S/C14H18BrNO/c15-8-2-4-11-3-1-5-13(9-11)16-14(17)10-12-6-7-12/h1,3,5,9,12H,2,4,6-8,10H2,(H,16,17). The van der Waals surface area contributed by atoms with Crippen LogP contribution >= 0.6 is 15.9 Å². The Morgan fingerprint density at radius 2 is 2.24 bits per heavy atom. The zero-order valence-corrected chi connectivity index (χ0v) is 11.5. The molecule has 1 saturated carbocycles. The summed E-state index contributed by atoms with van der Waals surface area (Å²) in [5.74, 6) is 0.803. The highest BCUT2D eigenvalue weighted by Gasteiger charge is 2.24. The number of hydrogen-bond acceptors (Lipinski definition) is 1. The summed E-state index contributed by atoms with van der Waals surface area (Å²) < 4.78 is 0. The summed E-state index contributed by atoms with van der Waals surface area (Å²) >= 11 is 3.43. The molecule has 0 bridgehead atoms. The quantitative estimate of drug-likeness (QED) is 0.796. The van der Waals surface area contributed by atoms with Crippen LogP contribution in [0.3, 0.4) is 0 Å². The Balaban J connectivity index is 1.87. The second-order valence-corrected chi connectivity index (χ2v) is 5.48. The first-order chi connectivity index (χ1) is 8.28. The molecule has 17 heavy (non-hydrogen) atoms. The van der Waals surface area contributed by atoms with Gasteiger partial charge in [-0.25, -0.2) is 0 Å². The highest BCUT2D eigenvalue weighted by Crippen LogP contribution is 2.32. The minimum absolute atomic E-state index is 0.158. The van der Waals surface area contributed by atoms with Crippen LogP contribution < -0.4 is 5.32 Å². The van der Waals surface area contributed by atoms with Gasteiger partial charge in [0.05, 0.1) is 0 Å². The summed E-state index contributed by atoms with van der Waals surface area (Å²) in [6.45, 7) is 0. The zero-order valence-electron chi connectivity index (χ0n) is 9.92. The monoisotopic (exact) mass is 295 g/mol. The molecule has 1 aliphatic rings. The van der Waals surface area contributed by atoms with E-state index in [9.17, 15) is 4.79 Å². The number of nitrogens with one attached hydrogen (secondary N) is 1. The molecule has 1 fully saturated rings. The molecule has 3 heteroatoms. The summed E-state index contributed by atoms with van der Waals surface area (Å²) in [6, 6.07) is 8.16. The lowest BCUT2D eigenvalue weighted by Crippen LogP contribution is -2.12. The number of carbonyl (C=O) groups is 1. The van der Waals surface area contributed by atoms with Crippen LogP contribution in [0.15, 0.2) is 24.3 Å². The largest absolute Gasteiger partial charge is 0.326 e. The smallest absolute Gasteiger partial charge is 0.224 e. The van der Waals surface area contributed by atoms with E-state index < -0.39 is 0 Å². The lowest BCUT2D eigenvalue weighted by atomic mass is 10.1. The lowest BCUT2D eigenvalue weighted by molar-refractivity contribution is -0.116. The van der Waals surface area contributed by atoms with Crippen molar-refractivity contribution in [2.45, 2.75) is 32.1 Å². The van der Waals surface area contributed by atoms with Crippen molar-refractivity contribution < 1.29 is 4.79 Å². The van der Waals surface area contributed by atoms with Crippen molar-refractivity contribution in [3.05, 3.63) is 29.8 Å². The van der Waals surface area contributed by atoms with Crippen molar-refractivity contribution >= 4 is 27.5 Å².